The molecule has 0 aromatic rings. The lowest BCUT2D eigenvalue weighted by Crippen LogP contribution is -2.71. The fourth-order valence-corrected chi connectivity index (χ4v) is 13.3. The first kappa shape index (κ1) is 43.8. The molecule has 13 nitrogen and oxygen atoms in total. The van der Waals surface area contributed by atoms with Crippen molar-refractivity contribution in [2.75, 3.05) is 6.61 Å². The van der Waals surface area contributed by atoms with Gasteiger partial charge in [-0.1, -0.05) is 46.3 Å². The fourth-order valence-electron chi connectivity index (χ4n) is 13.3. The van der Waals surface area contributed by atoms with Crippen molar-refractivity contribution in [1.82, 2.24) is 0 Å². The monoisotopic (exact) mass is 784 g/mol. The molecule has 0 aromatic carbocycles. The van der Waals surface area contributed by atoms with Gasteiger partial charge in [0.1, 0.15) is 42.7 Å². The second kappa shape index (κ2) is 15.4. The number of aliphatic hydroxyl groups excluding tert-OH is 8. The van der Waals surface area contributed by atoms with Crippen molar-refractivity contribution in [3.63, 3.8) is 0 Å². The molecule has 0 spiro atoms. The molecule has 21 atom stereocenters. The number of aliphatic hydroxyl groups is 9. The lowest BCUT2D eigenvalue weighted by molar-refractivity contribution is -0.382. The highest BCUT2D eigenvalue weighted by molar-refractivity contribution is 5.22. The Bertz CT molecular complexity index is 1390. The molecule has 2 heterocycles. The zero-order chi connectivity index (χ0) is 40.8. The minimum atomic E-state index is -1.70. The van der Waals surface area contributed by atoms with Crippen molar-refractivity contribution >= 4 is 0 Å². The fraction of sp³-hybridized carbons (Fsp3) is 0.952. The SMILES string of the molecule is CC(C)=CCC[C@@](C)(O)[C@@H]1CC[C@@]2(C)[C@@H]1[C@@H](O)C[C@@H]1[C@@]3(C)CC[C@H](O)C(C)(C)[C@@H]3[C@H](O[C@@H]3O[C@H](CO)[C@@H](O)[C@H](O)[C@H]3O[C@@H]3O[C@@H](C)[C@H](O)[C@@H](O)[C@H]3O)C[C@]12C. The Hall–Kier alpha value is -0.780. The Labute approximate surface area is 327 Å². The van der Waals surface area contributed by atoms with Gasteiger partial charge in [0.05, 0.1) is 36.6 Å². The summed E-state index contributed by atoms with van der Waals surface area (Å²) in [5, 5.41) is 100. The van der Waals surface area contributed by atoms with Crippen LogP contribution in [0.4, 0.5) is 0 Å². The number of hydrogen-bond donors (Lipinski definition) is 9. The maximum atomic E-state index is 12.3. The molecule has 0 aromatic heterocycles. The van der Waals surface area contributed by atoms with E-state index in [4.69, 9.17) is 18.9 Å². The van der Waals surface area contributed by atoms with Gasteiger partial charge in [0.25, 0.3) is 0 Å². The summed E-state index contributed by atoms with van der Waals surface area (Å²) in [6.07, 6.45) is -8.99. The predicted octanol–water partition coefficient (Wildman–Crippen LogP) is 2.15. The van der Waals surface area contributed by atoms with Gasteiger partial charge >= 0.3 is 0 Å². The molecule has 9 N–H and O–H groups in total. The van der Waals surface area contributed by atoms with E-state index in [0.717, 1.165) is 19.3 Å². The third-order valence-corrected chi connectivity index (χ3v) is 16.5. The van der Waals surface area contributed by atoms with Crippen molar-refractivity contribution in [2.45, 2.75) is 199 Å². The third kappa shape index (κ3) is 7.10. The van der Waals surface area contributed by atoms with Crippen molar-refractivity contribution in [3.05, 3.63) is 11.6 Å². The van der Waals surface area contributed by atoms with E-state index in [-0.39, 0.29) is 23.7 Å². The molecule has 6 rings (SSSR count). The van der Waals surface area contributed by atoms with E-state index in [9.17, 15) is 46.0 Å². The van der Waals surface area contributed by atoms with E-state index in [2.05, 4.69) is 40.7 Å². The Balaban J connectivity index is 1.38. The van der Waals surface area contributed by atoms with Crippen LogP contribution >= 0.6 is 0 Å². The Kier molecular flexibility index (Phi) is 12.2. The van der Waals surface area contributed by atoms with Crippen molar-refractivity contribution in [3.8, 4) is 0 Å². The second-order valence-electron chi connectivity index (χ2n) is 20.3. The van der Waals surface area contributed by atoms with Crippen LogP contribution in [0.1, 0.15) is 114 Å². The Morgan fingerprint density at radius 3 is 2.13 bits per heavy atom. The molecule has 4 saturated carbocycles. The van der Waals surface area contributed by atoms with Crippen molar-refractivity contribution in [1.29, 1.82) is 0 Å². The molecular formula is C42H72O13. The molecule has 6 fully saturated rings. The first-order valence-electron chi connectivity index (χ1n) is 20.8. The average molecular weight is 785 g/mol. The van der Waals surface area contributed by atoms with Gasteiger partial charge in [-0.15, -0.1) is 0 Å². The quantitative estimate of drug-likeness (QED) is 0.121. The molecule has 0 amide bonds. The summed E-state index contributed by atoms with van der Waals surface area (Å²) in [5.74, 6) is -0.526. The molecular weight excluding hydrogens is 712 g/mol. The van der Waals surface area contributed by atoms with Crippen LogP contribution in [0.5, 0.6) is 0 Å². The van der Waals surface area contributed by atoms with Crippen LogP contribution in [0, 0.1) is 45.3 Å². The molecule has 13 heteroatoms. The minimum absolute atomic E-state index is 0.0411. The van der Waals surface area contributed by atoms with Gasteiger partial charge in [-0.2, -0.15) is 0 Å². The number of hydrogen-bond acceptors (Lipinski definition) is 13. The molecule has 2 aliphatic heterocycles. The standard InChI is InChI=1S/C42H72O13/c1-20(2)11-10-14-42(9,51)22-12-16-40(7)28(22)23(44)17-26-39(6)15-13-27(45)38(4,5)35(39)24(18-41(26,40)8)53-37-34(32(49)30(47)25(19-43)54-37)55-36-33(50)31(48)29(46)21(3)52-36/h11,21-37,43-51H,10,12-19H2,1-9H3/t21-,22+,23-,24+,25+,26+,27-,28-,29-,30+,31+,32-,33+,34+,35-,36-,37+,39+,40-,41+,42+/m0/s1. The molecule has 2 saturated heterocycles. The highest BCUT2D eigenvalue weighted by Gasteiger charge is 2.73. The number of fused-ring (bicyclic) bond motifs is 5. The van der Waals surface area contributed by atoms with E-state index in [1.165, 1.54) is 12.5 Å². The van der Waals surface area contributed by atoms with Gasteiger partial charge in [0, 0.05) is 0 Å². The lowest BCUT2D eigenvalue weighted by Gasteiger charge is -2.72. The van der Waals surface area contributed by atoms with Crippen LogP contribution in [0.15, 0.2) is 11.6 Å². The van der Waals surface area contributed by atoms with Gasteiger partial charge in [0.15, 0.2) is 12.6 Å². The molecule has 0 bridgehead atoms. The van der Waals surface area contributed by atoms with E-state index in [1.54, 1.807) is 0 Å². The minimum Gasteiger partial charge on any atom is -0.394 e. The highest BCUT2D eigenvalue weighted by atomic mass is 16.8. The summed E-state index contributed by atoms with van der Waals surface area (Å²) in [5.41, 5.74) is -1.71. The zero-order valence-electron chi connectivity index (χ0n) is 34.4. The molecule has 0 unspecified atom stereocenters. The molecule has 4 aliphatic carbocycles. The zero-order valence-corrected chi connectivity index (χ0v) is 34.4. The average Bonchev–Trinajstić information content (AvgIpc) is 3.49. The van der Waals surface area contributed by atoms with Crippen LogP contribution in [0.25, 0.3) is 0 Å². The number of rotatable bonds is 9. The Morgan fingerprint density at radius 1 is 0.818 bits per heavy atom. The summed E-state index contributed by atoms with van der Waals surface area (Å²) in [6.45, 7) is 17.8. The maximum absolute atomic E-state index is 12.3. The Morgan fingerprint density at radius 2 is 1.49 bits per heavy atom. The topological polar surface area (TPSA) is 219 Å². The van der Waals surface area contributed by atoms with Crippen LogP contribution in [0.3, 0.4) is 0 Å². The summed E-state index contributed by atoms with van der Waals surface area (Å²) in [4.78, 5) is 0. The van der Waals surface area contributed by atoms with E-state index < -0.39 is 114 Å². The second-order valence-corrected chi connectivity index (χ2v) is 20.3. The van der Waals surface area contributed by atoms with E-state index >= 15 is 0 Å². The first-order valence-corrected chi connectivity index (χ1v) is 20.8. The van der Waals surface area contributed by atoms with E-state index in [0.29, 0.717) is 32.1 Å². The predicted molar refractivity (Wildman–Crippen MR) is 201 cm³/mol. The smallest absolute Gasteiger partial charge is 0.187 e. The van der Waals surface area contributed by atoms with Gasteiger partial charge in [0.2, 0.25) is 0 Å². The summed E-state index contributed by atoms with van der Waals surface area (Å²) < 4.78 is 25.1. The number of ether oxygens (including phenoxy) is 4. The van der Waals surface area contributed by atoms with Gasteiger partial charge in [-0.05, 0) is 124 Å². The highest BCUT2D eigenvalue weighted by Crippen LogP contribution is 2.76. The summed E-state index contributed by atoms with van der Waals surface area (Å²) in [6, 6.07) is 0. The molecule has 6 aliphatic rings. The van der Waals surface area contributed by atoms with Crippen LogP contribution in [0.2, 0.25) is 0 Å². The molecule has 0 radical (unpaired) electrons. The maximum Gasteiger partial charge on any atom is 0.187 e. The van der Waals surface area contributed by atoms with Crippen molar-refractivity contribution in [2.24, 2.45) is 45.3 Å². The van der Waals surface area contributed by atoms with Crippen LogP contribution in [-0.2, 0) is 18.9 Å². The first-order chi connectivity index (χ1) is 25.5. The normalized spacial score (nSPS) is 53.4. The van der Waals surface area contributed by atoms with Gasteiger partial charge < -0.3 is 64.9 Å². The van der Waals surface area contributed by atoms with Crippen LogP contribution in [-0.4, -0.2) is 138 Å². The van der Waals surface area contributed by atoms with Crippen LogP contribution < -0.4 is 0 Å². The summed E-state index contributed by atoms with van der Waals surface area (Å²) >= 11 is 0. The van der Waals surface area contributed by atoms with E-state index in [1.807, 2.05) is 20.8 Å². The van der Waals surface area contributed by atoms with Gasteiger partial charge in [-0.25, -0.2) is 0 Å². The molecule has 318 valence electrons. The molecule has 55 heavy (non-hydrogen) atoms. The van der Waals surface area contributed by atoms with Gasteiger partial charge in [-0.3, -0.25) is 0 Å². The third-order valence-electron chi connectivity index (χ3n) is 16.5. The number of allylic oxidation sites excluding steroid dienone is 2. The summed E-state index contributed by atoms with van der Waals surface area (Å²) in [7, 11) is 0. The largest absolute Gasteiger partial charge is 0.394 e. The van der Waals surface area contributed by atoms with Crippen molar-refractivity contribution < 1.29 is 64.9 Å². The lowest BCUT2D eigenvalue weighted by atomic mass is 9.34.